The van der Waals surface area contributed by atoms with E-state index in [0.717, 1.165) is 12.8 Å². The normalized spacial score (nSPS) is 11.7. The lowest BCUT2D eigenvalue weighted by atomic mass is 9.97. The van der Waals surface area contributed by atoms with E-state index in [4.69, 9.17) is 0 Å². The van der Waals surface area contributed by atoms with E-state index < -0.39 is 0 Å². The zero-order valence-electron chi connectivity index (χ0n) is 14.0. The van der Waals surface area contributed by atoms with Gasteiger partial charge in [0.05, 0.1) is 11.0 Å². The molecule has 0 atom stereocenters. The van der Waals surface area contributed by atoms with E-state index in [1.807, 2.05) is 0 Å². The molecule has 0 saturated carbocycles. The lowest BCUT2D eigenvalue weighted by molar-refractivity contribution is 0.826. The van der Waals surface area contributed by atoms with Crippen LogP contribution in [0.3, 0.4) is 0 Å². The van der Waals surface area contributed by atoms with E-state index >= 15 is 0 Å². The Bertz CT molecular complexity index is 991. The first kappa shape index (κ1) is 14.3. The number of nitrogens with zero attached hydrogens (tertiary/aromatic N) is 1. The van der Waals surface area contributed by atoms with Crippen molar-refractivity contribution < 1.29 is 0 Å². The van der Waals surface area contributed by atoms with Gasteiger partial charge in [0.2, 0.25) is 0 Å². The van der Waals surface area contributed by atoms with Crippen LogP contribution in [0.25, 0.3) is 27.2 Å². The number of pyridine rings is 1. The standard InChI is InChI=1S/C22H23N/c1-3-9-18-17-12-6-7-13-19(17)22-15-16-11-5-8-14-20(16)23(22)21(18)10-4-2/h5-8,11-15H,3-4,9-10H2,1-2H3. The third kappa shape index (κ3) is 2.15. The van der Waals surface area contributed by atoms with Crippen LogP contribution in [0.4, 0.5) is 0 Å². The number of fused-ring (bicyclic) bond motifs is 5. The van der Waals surface area contributed by atoms with Crippen molar-refractivity contribution in [2.45, 2.75) is 39.5 Å². The van der Waals surface area contributed by atoms with Crippen LogP contribution in [-0.4, -0.2) is 4.40 Å². The minimum atomic E-state index is 1.13. The summed E-state index contributed by atoms with van der Waals surface area (Å²) in [6.45, 7) is 4.56. The van der Waals surface area contributed by atoms with Crippen LogP contribution in [0.15, 0.2) is 54.6 Å². The van der Waals surface area contributed by atoms with Gasteiger partial charge in [0.15, 0.2) is 0 Å². The second-order valence-electron chi connectivity index (χ2n) is 6.39. The molecule has 0 saturated heterocycles. The topological polar surface area (TPSA) is 4.41 Å². The molecule has 4 rings (SSSR count). The van der Waals surface area contributed by atoms with Crippen LogP contribution in [0.2, 0.25) is 0 Å². The van der Waals surface area contributed by atoms with Crippen molar-refractivity contribution in [2.24, 2.45) is 0 Å². The van der Waals surface area contributed by atoms with E-state index in [9.17, 15) is 0 Å². The lowest BCUT2D eigenvalue weighted by Gasteiger charge is -2.17. The number of hydrogen-bond donors (Lipinski definition) is 0. The molecule has 0 bridgehead atoms. The summed E-state index contributed by atoms with van der Waals surface area (Å²) in [7, 11) is 0. The maximum Gasteiger partial charge on any atom is 0.0544 e. The minimum Gasteiger partial charge on any atom is -0.313 e. The average Bonchev–Trinajstić information content (AvgIpc) is 2.97. The smallest absolute Gasteiger partial charge is 0.0544 e. The predicted octanol–water partition coefficient (Wildman–Crippen LogP) is 6.15. The summed E-state index contributed by atoms with van der Waals surface area (Å²) in [5, 5.41) is 4.16. The number of rotatable bonds is 4. The summed E-state index contributed by atoms with van der Waals surface area (Å²) in [4.78, 5) is 0. The molecule has 0 fully saturated rings. The van der Waals surface area contributed by atoms with Crippen molar-refractivity contribution in [1.82, 2.24) is 4.40 Å². The maximum absolute atomic E-state index is 2.52. The summed E-state index contributed by atoms with van der Waals surface area (Å²) in [5.41, 5.74) is 5.74. The van der Waals surface area contributed by atoms with Crippen molar-refractivity contribution >= 4 is 27.2 Å². The van der Waals surface area contributed by atoms with Gasteiger partial charge in [-0.1, -0.05) is 69.2 Å². The molecule has 0 N–H and O–H groups in total. The van der Waals surface area contributed by atoms with Gasteiger partial charge < -0.3 is 4.40 Å². The summed E-state index contributed by atoms with van der Waals surface area (Å²) in [6.07, 6.45) is 4.65. The molecule has 0 radical (unpaired) electrons. The van der Waals surface area contributed by atoms with E-state index in [-0.39, 0.29) is 0 Å². The summed E-state index contributed by atoms with van der Waals surface area (Å²) >= 11 is 0. The molecule has 4 aromatic rings. The first-order valence-electron chi connectivity index (χ1n) is 8.77. The molecule has 0 spiro atoms. The fraction of sp³-hybridized carbons (Fsp3) is 0.273. The highest BCUT2D eigenvalue weighted by Crippen LogP contribution is 2.33. The SMILES string of the molecule is CCCc1c(CCC)n2c3ccccc3cc2c2ccccc12. The van der Waals surface area contributed by atoms with Gasteiger partial charge in [-0.15, -0.1) is 0 Å². The van der Waals surface area contributed by atoms with Crippen LogP contribution >= 0.6 is 0 Å². The number of hydrogen-bond acceptors (Lipinski definition) is 0. The minimum absolute atomic E-state index is 1.13. The quantitative estimate of drug-likeness (QED) is 0.426. The molecule has 2 aromatic heterocycles. The third-order valence-corrected chi connectivity index (χ3v) is 4.84. The van der Waals surface area contributed by atoms with Gasteiger partial charge in [-0.3, -0.25) is 0 Å². The summed E-state index contributed by atoms with van der Waals surface area (Å²) in [6, 6.07) is 20.0. The zero-order chi connectivity index (χ0) is 15.8. The zero-order valence-corrected chi connectivity index (χ0v) is 14.0. The number of para-hydroxylation sites is 1. The van der Waals surface area contributed by atoms with Gasteiger partial charge in [-0.05, 0) is 35.9 Å². The van der Waals surface area contributed by atoms with Crippen molar-refractivity contribution in [3.05, 3.63) is 65.9 Å². The predicted molar refractivity (Wildman–Crippen MR) is 100 cm³/mol. The van der Waals surface area contributed by atoms with Gasteiger partial charge in [-0.25, -0.2) is 0 Å². The lowest BCUT2D eigenvalue weighted by Crippen LogP contribution is -2.04. The molecule has 2 heterocycles. The molecule has 0 amide bonds. The number of aromatic nitrogens is 1. The Labute approximate surface area is 137 Å². The highest BCUT2D eigenvalue weighted by molar-refractivity contribution is 6.04. The Kier molecular flexibility index (Phi) is 3.57. The van der Waals surface area contributed by atoms with Crippen LogP contribution in [0, 0.1) is 0 Å². The van der Waals surface area contributed by atoms with Crippen LogP contribution in [0.5, 0.6) is 0 Å². The molecule has 1 nitrogen and oxygen atoms in total. The highest BCUT2D eigenvalue weighted by Gasteiger charge is 2.15. The molecule has 0 aliphatic heterocycles. The second kappa shape index (κ2) is 5.73. The molecule has 116 valence electrons. The molecule has 0 aliphatic rings. The van der Waals surface area contributed by atoms with Crippen LogP contribution in [0.1, 0.15) is 37.9 Å². The monoisotopic (exact) mass is 301 g/mol. The Balaban J connectivity index is 2.26. The molecule has 23 heavy (non-hydrogen) atoms. The van der Waals surface area contributed by atoms with Gasteiger partial charge in [0.25, 0.3) is 0 Å². The Morgan fingerprint density at radius 1 is 0.739 bits per heavy atom. The average molecular weight is 301 g/mol. The Morgan fingerprint density at radius 3 is 2.22 bits per heavy atom. The molecular weight excluding hydrogens is 278 g/mol. The van der Waals surface area contributed by atoms with Gasteiger partial charge >= 0.3 is 0 Å². The first-order chi connectivity index (χ1) is 11.3. The van der Waals surface area contributed by atoms with Crippen LogP contribution in [-0.2, 0) is 12.8 Å². The fourth-order valence-corrected chi connectivity index (χ4v) is 3.93. The largest absolute Gasteiger partial charge is 0.313 e. The van der Waals surface area contributed by atoms with Crippen LogP contribution < -0.4 is 0 Å². The van der Waals surface area contributed by atoms with Crippen molar-refractivity contribution in [3.8, 4) is 0 Å². The first-order valence-corrected chi connectivity index (χ1v) is 8.77. The van der Waals surface area contributed by atoms with Crippen molar-refractivity contribution in [1.29, 1.82) is 0 Å². The van der Waals surface area contributed by atoms with E-state index in [2.05, 4.69) is 72.8 Å². The second-order valence-corrected chi connectivity index (χ2v) is 6.39. The molecule has 2 aromatic carbocycles. The highest BCUT2D eigenvalue weighted by atomic mass is 14.9. The van der Waals surface area contributed by atoms with Gasteiger partial charge in [0.1, 0.15) is 0 Å². The third-order valence-electron chi connectivity index (χ3n) is 4.84. The molecule has 0 unspecified atom stereocenters. The number of aryl methyl sites for hydroxylation is 2. The van der Waals surface area contributed by atoms with Gasteiger partial charge in [-0.2, -0.15) is 0 Å². The molecule has 1 heteroatoms. The Hall–Kier alpha value is -2.28. The van der Waals surface area contributed by atoms with E-state index in [0.29, 0.717) is 0 Å². The van der Waals surface area contributed by atoms with E-state index in [1.54, 1.807) is 5.56 Å². The maximum atomic E-state index is 2.52. The summed E-state index contributed by atoms with van der Waals surface area (Å²) in [5.74, 6) is 0. The van der Waals surface area contributed by atoms with Crippen molar-refractivity contribution in [3.63, 3.8) is 0 Å². The molecular formula is C22H23N. The van der Waals surface area contributed by atoms with Crippen molar-refractivity contribution in [2.75, 3.05) is 0 Å². The summed E-state index contributed by atoms with van der Waals surface area (Å²) < 4.78 is 2.52. The van der Waals surface area contributed by atoms with Gasteiger partial charge in [0, 0.05) is 16.5 Å². The molecule has 0 aliphatic carbocycles. The van der Waals surface area contributed by atoms with E-state index in [1.165, 1.54) is 45.7 Å². The number of benzene rings is 2. The fourth-order valence-electron chi connectivity index (χ4n) is 3.93. The Morgan fingerprint density at radius 2 is 1.43 bits per heavy atom.